The largest absolute Gasteiger partial charge is 0.481 e. The van der Waals surface area contributed by atoms with E-state index in [2.05, 4.69) is 6.92 Å². The van der Waals surface area contributed by atoms with Crippen LogP contribution in [0.4, 0.5) is 0 Å². The molecule has 0 atom stereocenters. The minimum Gasteiger partial charge on any atom is -0.481 e. The van der Waals surface area contributed by atoms with Crippen molar-refractivity contribution in [3.05, 3.63) is 34.9 Å². The Bertz CT molecular complexity index is 497. The summed E-state index contributed by atoms with van der Waals surface area (Å²) in [5, 5.41) is 8.83. The monoisotopic (exact) mass is 291 g/mol. The van der Waals surface area contributed by atoms with Gasteiger partial charge in [0.2, 0.25) is 0 Å². The lowest BCUT2D eigenvalue weighted by Gasteiger charge is -2.22. The van der Waals surface area contributed by atoms with E-state index in [4.69, 9.17) is 5.11 Å². The van der Waals surface area contributed by atoms with E-state index >= 15 is 0 Å². The van der Waals surface area contributed by atoms with Gasteiger partial charge in [-0.2, -0.15) is 0 Å². The molecule has 0 radical (unpaired) electrons. The van der Waals surface area contributed by atoms with Crippen LogP contribution in [0.1, 0.15) is 54.1 Å². The van der Waals surface area contributed by atoms with E-state index in [1.807, 2.05) is 32.0 Å². The molecule has 4 nitrogen and oxygen atoms in total. The molecule has 1 aromatic carbocycles. The number of carboxylic acids is 1. The van der Waals surface area contributed by atoms with Crippen LogP contribution >= 0.6 is 0 Å². The van der Waals surface area contributed by atoms with E-state index in [0.29, 0.717) is 12.1 Å². The van der Waals surface area contributed by atoms with Crippen molar-refractivity contribution >= 4 is 11.9 Å². The van der Waals surface area contributed by atoms with Gasteiger partial charge in [-0.25, -0.2) is 0 Å². The number of amides is 1. The molecule has 0 bridgehead atoms. The van der Waals surface area contributed by atoms with Crippen LogP contribution in [-0.4, -0.2) is 35.0 Å². The smallest absolute Gasteiger partial charge is 0.305 e. The Morgan fingerprint density at radius 2 is 1.81 bits per heavy atom. The van der Waals surface area contributed by atoms with Gasteiger partial charge < -0.3 is 10.0 Å². The summed E-state index contributed by atoms with van der Waals surface area (Å²) in [5.74, 6) is -0.946. The predicted octanol–water partition coefficient (Wildman–Crippen LogP) is 3.41. The molecule has 116 valence electrons. The summed E-state index contributed by atoms with van der Waals surface area (Å²) >= 11 is 0. The van der Waals surface area contributed by atoms with E-state index in [1.165, 1.54) is 0 Å². The van der Waals surface area contributed by atoms with Crippen molar-refractivity contribution < 1.29 is 14.7 Å². The fourth-order valence-corrected chi connectivity index (χ4v) is 2.16. The van der Waals surface area contributed by atoms with Crippen LogP contribution in [0, 0.1) is 13.8 Å². The molecule has 1 N–H and O–H groups in total. The lowest BCUT2D eigenvalue weighted by Crippen LogP contribution is -2.34. The highest BCUT2D eigenvalue weighted by molar-refractivity contribution is 5.94. The van der Waals surface area contributed by atoms with Crippen molar-refractivity contribution in [2.75, 3.05) is 13.1 Å². The van der Waals surface area contributed by atoms with E-state index in [9.17, 15) is 9.59 Å². The predicted molar refractivity (Wildman–Crippen MR) is 83.6 cm³/mol. The Morgan fingerprint density at radius 3 is 2.38 bits per heavy atom. The number of hydrogen-bond acceptors (Lipinski definition) is 2. The molecule has 21 heavy (non-hydrogen) atoms. The molecule has 1 aromatic rings. The van der Waals surface area contributed by atoms with E-state index in [1.54, 1.807) is 4.90 Å². The topological polar surface area (TPSA) is 57.6 Å². The van der Waals surface area contributed by atoms with E-state index < -0.39 is 5.97 Å². The van der Waals surface area contributed by atoms with Crippen molar-refractivity contribution in [3.63, 3.8) is 0 Å². The molecular formula is C17H25NO3. The van der Waals surface area contributed by atoms with Crippen molar-refractivity contribution in [3.8, 4) is 0 Å². The zero-order chi connectivity index (χ0) is 15.8. The van der Waals surface area contributed by atoms with Crippen LogP contribution < -0.4 is 0 Å². The van der Waals surface area contributed by atoms with Crippen molar-refractivity contribution in [1.82, 2.24) is 4.90 Å². The number of carbonyl (C=O) groups is 2. The molecule has 0 aliphatic rings. The lowest BCUT2D eigenvalue weighted by molar-refractivity contribution is -0.137. The van der Waals surface area contributed by atoms with Crippen LogP contribution in [0.5, 0.6) is 0 Å². The Hall–Kier alpha value is -1.84. The molecule has 0 spiro atoms. The Balaban J connectivity index is 2.81. The first-order valence-corrected chi connectivity index (χ1v) is 7.54. The van der Waals surface area contributed by atoms with Crippen molar-refractivity contribution in [2.45, 2.75) is 46.5 Å². The minimum atomic E-state index is -0.872. The molecule has 1 rings (SSSR count). The zero-order valence-corrected chi connectivity index (χ0v) is 13.2. The van der Waals surface area contributed by atoms with Crippen LogP contribution in [0.25, 0.3) is 0 Å². The van der Waals surface area contributed by atoms with Crippen molar-refractivity contribution in [2.24, 2.45) is 0 Å². The van der Waals surface area contributed by atoms with E-state index in [0.717, 1.165) is 30.4 Å². The molecule has 0 aliphatic carbocycles. The van der Waals surface area contributed by atoms with Crippen molar-refractivity contribution in [1.29, 1.82) is 0 Å². The Kier molecular flexibility index (Phi) is 6.92. The van der Waals surface area contributed by atoms with Gasteiger partial charge in [-0.15, -0.1) is 0 Å². The maximum Gasteiger partial charge on any atom is 0.305 e. The van der Waals surface area contributed by atoms with Gasteiger partial charge in [-0.3, -0.25) is 9.59 Å². The summed E-state index contributed by atoms with van der Waals surface area (Å²) in [4.78, 5) is 25.0. The third-order valence-electron chi connectivity index (χ3n) is 3.67. The highest BCUT2D eigenvalue weighted by atomic mass is 16.4. The minimum absolute atomic E-state index is 0.0112. The first-order chi connectivity index (χ1) is 9.95. The Morgan fingerprint density at radius 1 is 1.10 bits per heavy atom. The fourth-order valence-electron chi connectivity index (χ4n) is 2.16. The number of unbranched alkanes of at least 4 members (excludes halogenated alkanes) is 2. The van der Waals surface area contributed by atoms with Crippen LogP contribution in [0.15, 0.2) is 18.2 Å². The summed E-state index contributed by atoms with van der Waals surface area (Å²) < 4.78 is 0. The number of nitrogens with zero attached hydrogens (tertiary/aromatic N) is 1. The number of carbonyl (C=O) groups excluding carboxylic acids is 1. The average Bonchev–Trinajstić information content (AvgIpc) is 2.44. The molecule has 0 unspecified atom stereocenters. The molecule has 1 amide bonds. The molecule has 0 aliphatic heterocycles. The van der Waals surface area contributed by atoms with Gasteiger partial charge in [-0.1, -0.05) is 25.8 Å². The first kappa shape index (κ1) is 17.2. The maximum absolute atomic E-state index is 12.5. The summed E-state index contributed by atoms with van der Waals surface area (Å²) in [7, 11) is 0. The second kappa shape index (κ2) is 8.45. The van der Waals surface area contributed by atoms with Gasteiger partial charge in [0, 0.05) is 18.7 Å². The third-order valence-corrected chi connectivity index (χ3v) is 3.67. The quantitative estimate of drug-likeness (QED) is 0.747. The number of rotatable bonds is 8. The first-order valence-electron chi connectivity index (χ1n) is 7.54. The van der Waals surface area contributed by atoms with Gasteiger partial charge in [-0.05, 0) is 43.5 Å². The summed E-state index contributed by atoms with van der Waals surface area (Å²) in [5.41, 5.74) is 2.86. The summed E-state index contributed by atoms with van der Waals surface area (Å²) in [6.07, 6.45) is 3.02. The highest BCUT2D eigenvalue weighted by Gasteiger charge is 2.16. The normalized spacial score (nSPS) is 10.4. The molecule has 0 aromatic heterocycles. The molecule has 0 heterocycles. The summed E-state index contributed by atoms with van der Waals surface area (Å²) in [6, 6.07) is 5.63. The molecule has 0 fully saturated rings. The second-order valence-electron chi connectivity index (χ2n) is 5.44. The number of hydrogen-bond donors (Lipinski definition) is 1. The standard InChI is InChI=1S/C17H25NO3/c1-4-5-6-10-18(11-9-16(19)20)17(21)15-8-7-13(2)14(3)12-15/h7-8,12H,4-6,9-11H2,1-3H3,(H,19,20). The van der Waals surface area contributed by atoms with Gasteiger partial charge in [0.05, 0.1) is 6.42 Å². The molecule has 0 saturated carbocycles. The van der Waals surface area contributed by atoms with Gasteiger partial charge >= 0.3 is 5.97 Å². The molecule has 0 saturated heterocycles. The van der Waals surface area contributed by atoms with Crippen LogP contribution in [-0.2, 0) is 4.79 Å². The van der Waals surface area contributed by atoms with Gasteiger partial charge in [0.15, 0.2) is 0 Å². The maximum atomic E-state index is 12.5. The van der Waals surface area contributed by atoms with Crippen LogP contribution in [0.2, 0.25) is 0 Å². The molecule has 4 heteroatoms. The number of aryl methyl sites for hydroxylation is 2. The number of carboxylic acid groups (broad SMARTS) is 1. The fraction of sp³-hybridized carbons (Fsp3) is 0.529. The SMILES string of the molecule is CCCCCN(CCC(=O)O)C(=O)c1ccc(C)c(C)c1. The van der Waals surface area contributed by atoms with Crippen LogP contribution in [0.3, 0.4) is 0 Å². The third kappa shape index (κ3) is 5.58. The summed E-state index contributed by atoms with van der Waals surface area (Å²) in [6.45, 7) is 6.97. The number of benzene rings is 1. The average molecular weight is 291 g/mol. The second-order valence-corrected chi connectivity index (χ2v) is 5.44. The van der Waals surface area contributed by atoms with Gasteiger partial charge in [0.25, 0.3) is 5.91 Å². The van der Waals surface area contributed by atoms with E-state index in [-0.39, 0.29) is 18.9 Å². The Labute approximate surface area is 126 Å². The lowest BCUT2D eigenvalue weighted by atomic mass is 10.1. The van der Waals surface area contributed by atoms with Gasteiger partial charge in [0.1, 0.15) is 0 Å². The zero-order valence-electron chi connectivity index (χ0n) is 13.2. The highest BCUT2D eigenvalue weighted by Crippen LogP contribution is 2.13. The molecular weight excluding hydrogens is 266 g/mol. The number of aliphatic carboxylic acids is 1.